The van der Waals surface area contributed by atoms with E-state index >= 15 is 0 Å². The van der Waals surface area contributed by atoms with Gasteiger partial charge in [-0.1, -0.05) is 0 Å². The van der Waals surface area contributed by atoms with Crippen molar-refractivity contribution in [1.29, 1.82) is 0 Å². The zero-order chi connectivity index (χ0) is 9.97. The number of allylic oxidation sites excluding steroid dienone is 1. The molecule has 4 nitrogen and oxygen atoms in total. The first-order chi connectivity index (χ1) is 6.85. The quantitative estimate of drug-likeness (QED) is 0.640. The molecule has 2 aliphatic heterocycles. The summed E-state index contributed by atoms with van der Waals surface area (Å²) in [5, 5.41) is 7.98. The van der Waals surface area contributed by atoms with E-state index in [1.54, 1.807) is 6.34 Å². The molecule has 6 heteroatoms. The van der Waals surface area contributed by atoms with Gasteiger partial charge in [-0.25, -0.2) is 4.99 Å². The molecule has 0 spiro atoms. The van der Waals surface area contributed by atoms with Gasteiger partial charge in [0.15, 0.2) is 5.84 Å². The molecule has 0 radical (unpaired) electrons. The highest BCUT2D eigenvalue weighted by Gasteiger charge is 2.20. The van der Waals surface area contributed by atoms with Gasteiger partial charge in [-0.2, -0.15) is 0 Å². The minimum Gasteiger partial charge on any atom is -0.310 e. The molecule has 0 aromatic heterocycles. The van der Waals surface area contributed by atoms with Crippen molar-refractivity contribution in [2.24, 2.45) is 15.2 Å². The van der Waals surface area contributed by atoms with Crippen molar-refractivity contribution in [3.8, 4) is 0 Å². The highest BCUT2D eigenvalue weighted by Crippen LogP contribution is 2.13. The van der Waals surface area contributed by atoms with E-state index in [1.807, 2.05) is 4.90 Å². The van der Waals surface area contributed by atoms with Crippen LogP contribution in [0.4, 0.5) is 0 Å². The van der Waals surface area contributed by atoms with Crippen LogP contribution in [-0.4, -0.2) is 41.7 Å². The fourth-order valence-electron chi connectivity index (χ4n) is 1.33. The van der Waals surface area contributed by atoms with Gasteiger partial charge >= 0.3 is 0 Å². The summed E-state index contributed by atoms with van der Waals surface area (Å²) in [6.07, 6.45) is 5.50. The molecule has 0 saturated heterocycles. The number of rotatable bonds is 2. The molecule has 2 rings (SSSR count). The van der Waals surface area contributed by atoms with Crippen molar-refractivity contribution in [3.05, 3.63) is 11.8 Å². The standard InChI is InChI=1S/C8H12N4P2/c13-3-6-1-2-12-5-9-11-7(4-14)8(12)10-6/h1,5H,2-4,13-14H2. The molecule has 0 bridgehead atoms. The number of amidine groups is 1. The Bertz CT molecular complexity index is 356. The van der Waals surface area contributed by atoms with Gasteiger partial charge in [-0.15, -0.1) is 28.7 Å². The fourth-order valence-corrected chi connectivity index (χ4v) is 1.85. The van der Waals surface area contributed by atoms with Gasteiger partial charge in [0.25, 0.3) is 0 Å². The average molecular weight is 226 g/mol. The summed E-state index contributed by atoms with van der Waals surface area (Å²) in [7, 11) is 5.33. The van der Waals surface area contributed by atoms with Crippen LogP contribution in [0.5, 0.6) is 0 Å². The zero-order valence-corrected chi connectivity index (χ0v) is 10.0. The van der Waals surface area contributed by atoms with Crippen molar-refractivity contribution in [2.45, 2.75) is 0 Å². The Kier molecular flexibility index (Phi) is 3.05. The maximum Gasteiger partial charge on any atom is 0.158 e. The Labute approximate surface area is 87.7 Å². The molecule has 2 unspecified atom stereocenters. The first kappa shape index (κ1) is 9.95. The monoisotopic (exact) mass is 226 g/mol. The fraction of sp³-hybridized carbons (Fsp3) is 0.375. The molecule has 14 heavy (non-hydrogen) atoms. The number of hydrogen-bond acceptors (Lipinski definition) is 4. The van der Waals surface area contributed by atoms with E-state index < -0.39 is 0 Å². The van der Waals surface area contributed by atoms with Crippen LogP contribution in [0.3, 0.4) is 0 Å². The lowest BCUT2D eigenvalue weighted by Gasteiger charge is -2.26. The lowest BCUT2D eigenvalue weighted by atomic mass is 10.2. The molecular weight excluding hydrogens is 214 g/mol. The maximum atomic E-state index is 4.52. The van der Waals surface area contributed by atoms with E-state index in [0.717, 1.165) is 36.1 Å². The van der Waals surface area contributed by atoms with E-state index in [1.165, 1.54) is 0 Å². The Morgan fingerprint density at radius 3 is 2.93 bits per heavy atom. The molecule has 74 valence electrons. The Morgan fingerprint density at radius 1 is 1.36 bits per heavy atom. The van der Waals surface area contributed by atoms with Crippen LogP contribution in [-0.2, 0) is 0 Å². The summed E-state index contributed by atoms with van der Waals surface area (Å²) in [5.74, 6) is 0.940. The lowest BCUT2D eigenvalue weighted by Crippen LogP contribution is -2.40. The molecule has 2 aliphatic rings. The molecule has 2 atom stereocenters. The topological polar surface area (TPSA) is 40.3 Å². The van der Waals surface area contributed by atoms with Crippen molar-refractivity contribution < 1.29 is 0 Å². The largest absolute Gasteiger partial charge is 0.310 e. The second kappa shape index (κ2) is 4.29. The van der Waals surface area contributed by atoms with Gasteiger partial charge < -0.3 is 4.90 Å². The molecule has 0 aromatic rings. The molecule has 0 saturated carbocycles. The van der Waals surface area contributed by atoms with Crippen LogP contribution >= 0.6 is 18.5 Å². The minimum atomic E-state index is 0.789. The van der Waals surface area contributed by atoms with Crippen molar-refractivity contribution >= 4 is 36.4 Å². The van der Waals surface area contributed by atoms with Crippen molar-refractivity contribution in [3.63, 3.8) is 0 Å². The van der Waals surface area contributed by atoms with Gasteiger partial charge in [0.05, 0.1) is 0 Å². The van der Waals surface area contributed by atoms with Gasteiger partial charge in [0.2, 0.25) is 0 Å². The second-order valence-corrected chi connectivity index (χ2v) is 3.79. The van der Waals surface area contributed by atoms with E-state index in [9.17, 15) is 0 Å². The van der Waals surface area contributed by atoms with Gasteiger partial charge in [-0.3, -0.25) is 0 Å². The molecule has 0 aliphatic carbocycles. The molecule has 0 fully saturated rings. The third kappa shape index (κ3) is 1.77. The van der Waals surface area contributed by atoms with Gasteiger partial charge in [0, 0.05) is 24.6 Å². The normalized spacial score (nSPS) is 19.9. The lowest BCUT2D eigenvalue weighted by molar-refractivity contribution is 0.680. The number of nitrogens with zero attached hydrogens (tertiary/aromatic N) is 4. The van der Waals surface area contributed by atoms with Crippen molar-refractivity contribution in [1.82, 2.24) is 4.90 Å². The number of fused-ring (bicyclic) bond motifs is 1. The zero-order valence-electron chi connectivity index (χ0n) is 7.72. The molecule has 2 heterocycles. The molecule has 0 amide bonds. The van der Waals surface area contributed by atoms with E-state index in [2.05, 4.69) is 39.8 Å². The summed E-state index contributed by atoms with van der Waals surface area (Å²) in [6.45, 7) is 0.843. The summed E-state index contributed by atoms with van der Waals surface area (Å²) >= 11 is 0. The SMILES string of the molecule is PCC1=CCN2C=NN=C(CP)C2=N1. The maximum absolute atomic E-state index is 4.52. The number of aliphatic imine (C=N–C) groups is 1. The van der Waals surface area contributed by atoms with Crippen LogP contribution in [0.15, 0.2) is 27.0 Å². The van der Waals surface area contributed by atoms with Gasteiger partial charge in [-0.05, 0) is 6.08 Å². The predicted molar refractivity (Wildman–Crippen MR) is 67.3 cm³/mol. The predicted octanol–water partition coefficient (Wildman–Crippen LogP) is 0.732. The number of hydrogen-bond donors (Lipinski definition) is 0. The van der Waals surface area contributed by atoms with E-state index in [4.69, 9.17) is 0 Å². The minimum absolute atomic E-state index is 0.789. The first-order valence-corrected chi connectivity index (χ1v) is 6.03. The summed E-state index contributed by atoms with van der Waals surface area (Å²) in [5.41, 5.74) is 2.03. The van der Waals surface area contributed by atoms with Crippen LogP contribution < -0.4 is 0 Å². The average Bonchev–Trinajstić information content (AvgIpc) is 2.27. The Morgan fingerprint density at radius 2 is 2.21 bits per heavy atom. The third-order valence-electron chi connectivity index (χ3n) is 2.08. The molecule has 0 aromatic carbocycles. The van der Waals surface area contributed by atoms with E-state index in [0.29, 0.717) is 0 Å². The van der Waals surface area contributed by atoms with Crippen LogP contribution in [0, 0.1) is 0 Å². The smallest absolute Gasteiger partial charge is 0.158 e. The summed E-state index contributed by atoms with van der Waals surface area (Å²) in [4.78, 5) is 6.53. The summed E-state index contributed by atoms with van der Waals surface area (Å²) < 4.78 is 0. The van der Waals surface area contributed by atoms with Crippen molar-refractivity contribution in [2.75, 3.05) is 18.9 Å². The van der Waals surface area contributed by atoms with Crippen LogP contribution in [0.25, 0.3) is 0 Å². The molecular formula is C8H12N4P2. The van der Waals surface area contributed by atoms with Crippen LogP contribution in [0.2, 0.25) is 0 Å². The highest BCUT2D eigenvalue weighted by atomic mass is 31.0. The van der Waals surface area contributed by atoms with Crippen LogP contribution in [0.1, 0.15) is 0 Å². The molecule has 0 N–H and O–H groups in total. The Hall–Kier alpha value is -0.590. The van der Waals surface area contributed by atoms with E-state index in [-0.39, 0.29) is 0 Å². The Balaban J connectivity index is 2.32. The highest BCUT2D eigenvalue weighted by molar-refractivity contribution is 7.19. The second-order valence-electron chi connectivity index (χ2n) is 2.97. The third-order valence-corrected chi connectivity index (χ3v) is 2.88. The first-order valence-electron chi connectivity index (χ1n) is 4.40. The van der Waals surface area contributed by atoms with Gasteiger partial charge in [0.1, 0.15) is 12.1 Å². The summed E-state index contributed by atoms with van der Waals surface area (Å²) in [6, 6.07) is 0.